The predicted molar refractivity (Wildman–Crippen MR) is 117 cm³/mol. The molecule has 28 heavy (non-hydrogen) atoms. The molecule has 2 aromatic carbocycles. The first-order valence-electron chi connectivity index (χ1n) is 9.51. The third-order valence-electron chi connectivity index (χ3n) is 5.06. The van der Waals surface area contributed by atoms with Gasteiger partial charge in [-0.15, -0.1) is 0 Å². The van der Waals surface area contributed by atoms with Crippen LogP contribution in [0.3, 0.4) is 0 Å². The molecule has 0 atom stereocenters. The fourth-order valence-corrected chi connectivity index (χ4v) is 3.63. The van der Waals surface area contributed by atoms with Crippen molar-refractivity contribution in [2.75, 3.05) is 41.3 Å². The van der Waals surface area contributed by atoms with Gasteiger partial charge in [0.25, 0.3) is 0 Å². The van der Waals surface area contributed by atoms with Crippen molar-refractivity contribution in [3.8, 4) is 0 Å². The number of nitrogens with one attached hydrogen (secondary N) is 1. The lowest BCUT2D eigenvalue weighted by atomic mass is 10.2. The van der Waals surface area contributed by atoms with Crippen LogP contribution >= 0.6 is 11.6 Å². The zero-order chi connectivity index (χ0) is 19.5. The van der Waals surface area contributed by atoms with E-state index in [1.807, 2.05) is 31.2 Å². The van der Waals surface area contributed by atoms with Crippen molar-refractivity contribution >= 4 is 34.7 Å². The summed E-state index contributed by atoms with van der Waals surface area (Å²) in [5.74, 6) is 1.53. The highest BCUT2D eigenvalue weighted by atomic mass is 35.5. The van der Waals surface area contributed by atoms with Crippen molar-refractivity contribution in [3.63, 3.8) is 0 Å². The van der Waals surface area contributed by atoms with E-state index >= 15 is 0 Å². The van der Waals surface area contributed by atoms with Crippen molar-refractivity contribution in [1.29, 1.82) is 0 Å². The molecule has 4 rings (SSSR count). The average molecular weight is 394 g/mol. The number of rotatable bonds is 4. The number of benzene rings is 2. The summed E-state index contributed by atoms with van der Waals surface area (Å²) in [6.07, 6.45) is 1.80. The number of halogens is 1. The zero-order valence-electron chi connectivity index (χ0n) is 16.2. The molecular formula is C22H24ClN5. The molecule has 2 heterocycles. The first-order chi connectivity index (χ1) is 13.6. The third-order valence-corrected chi connectivity index (χ3v) is 5.29. The SMILES string of the molecule is Cc1cccc(N2CCN(c3ccnc(Nc4cc(Cl)ccc4C)n3)CC2)c1. The average Bonchev–Trinajstić information content (AvgIpc) is 2.71. The van der Waals surface area contributed by atoms with E-state index in [9.17, 15) is 0 Å². The Kier molecular flexibility index (Phi) is 5.35. The van der Waals surface area contributed by atoms with E-state index in [1.54, 1.807) is 6.20 Å². The van der Waals surface area contributed by atoms with E-state index < -0.39 is 0 Å². The number of hydrogen-bond donors (Lipinski definition) is 1. The highest BCUT2D eigenvalue weighted by molar-refractivity contribution is 6.30. The van der Waals surface area contributed by atoms with Gasteiger partial charge in [-0.2, -0.15) is 4.98 Å². The summed E-state index contributed by atoms with van der Waals surface area (Å²) < 4.78 is 0. The van der Waals surface area contributed by atoms with E-state index in [2.05, 4.69) is 51.3 Å². The molecule has 6 heteroatoms. The fraction of sp³-hybridized carbons (Fsp3) is 0.273. The van der Waals surface area contributed by atoms with Gasteiger partial charge in [-0.3, -0.25) is 0 Å². The van der Waals surface area contributed by atoms with Crippen LogP contribution in [0.15, 0.2) is 54.7 Å². The lowest BCUT2D eigenvalue weighted by molar-refractivity contribution is 0.647. The van der Waals surface area contributed by atoms with Gasteiger partial charge in [0, 0.05) is 48.8 Å². The molecule has 144 valence electrons. The Labute approximate surface area is 171 Å². The molecular weight excluding hydrogens is 370 g/mol. The second-order valence-electron chi connectivity index (χ2n) is 7.14. The Morgan fingerprint density at radius 2 is 1.71 bits per heavy atom. The van der Waals surface area contributed by atoms with Gasteiger partial charge in [0.2, 0.25) is 5.95 Å². The number of nitrogens with zero attached hydrogens (tertiary/aromatic N) is 4. The molecule has 1 aromatic heterocycles. The molecule has 1 aliphatic rings. The van der Waals surface area contributed by atoms with E-state index in [-0.39, 0.29) is 0 Å². The number of piperazine rings is 1. The molecule has 0 saturated carbocycles. The maximum absolute atomic E-state index is 6.12. The Balaban J connectivity index is 1.44. The van der Waals surface area contributed by atoms with Gasteiger partial charge >= 0.3 is 0 Å². The molecule has 0 bridgehead atoms. The number of hydrogen-bond acceptors (Lipinski definition) is 5. The van der Waals surface area contributed by atoms with E-state index in [0.717, 1.165) is 43.2 Å². The summed E-state index contributed by atoms with van der Waals surface area (Å²) in [6.45, 7) is 7.98. The van der Waals surface area contributed by atoms with Gasteiger partial charge in [-0.25, -0.2) is 4.98 Å². The number of aromatic nitrogens is 2. The highest BCUT2D eigenvalue weighted by Crippen LogP contribution is 2.24. The van der Waals surface area contributed by atoms with Crippen molar-refractivity contribution in [1.82, 2.24) is 9.97 Å². The molecule has 1 saturated heterocycles. The first kappa shape index (κ1) is 18.6. The van der Waals surface area contributed by atoms with Crippen molar-refractivity contribution in [3.05, 3.63) is 70.9 Å². The second kappa shape index (κ2) is 8.07. The third kappa shape index (κ3) is 4.20. The van der Waals surface area contributed by atoms with Crippen LogP contribution in [0.25, 0.3) is 0 Å². The molecule has 1 N–H and O–H groups in total. The normalized spacial score (nSPS) is 14.2. The summed E-state index contributed by atoms with van der Waals surface area (Å²) in [4.78, 5) is 13.8. The smallest absolute Gasteiger partial charge is 0.229 e. The molecule has 5 nitrogen and oxygen atoms in total. The van der Waals surface area contributed by atoms with Gasteiger partial charge in [0.1, 0.15) is 5.82 Å². The maximum atomic E-state index is 6.12. The van der Waals surface area contributed by atoms with Crippen LogP contribution in [-0.4, -0.2) is 36.1 Å². The second-order valence-corrected chi connectivity index (χ2v) is 7.57. The predicted octanol–water partition coefficient (Wildman–Crippen LogP) is 4.82. The Morgan fingerprint density at radius 1 is 0.929 bits per heavy atom. The van der Waals surface area contributed by atoms with Gasteiger partial charge in [0.15, 0.2) is 0 Å². The molecule has 0 aliphatic carbocycles. The minimum Gasteiger partial charge on any atom is -0.368 e. The Hall–Kier alpha value is -2.79. The van der Waals surface area contributed by atoms with Gasteiger partial charge in [-0.1, -0.05) is 29.8 Å². The van der Waals surface area contributed by atoms with Crippen LogP contribution < -0.4 is 15.1 Å². The van der Waals surface area contributed by atoms with Gasteiger partial charge in [0.05, 0.1) is 0 Å². The maximum Gasteiger partial charge on any atom is 0.229 e. The molecule has 1 fully saturated rings. The van der Waals surface area contributed by atoms with E-state index in [1.165, 1.54) is 11.3 Å². The zero-order valence-corrected chi connectivity index (χ0v) is 16.9. The van der Waals surface area contributed by atoms with Crippen LogP contribution in [-0.2, 0) is 0 Å². The minimum atomic E-state index is 0.587. The summed E-state index contributed by atoms with van der Waals surface area (Å²) in [7, 11) is 0. The summed E-state index contributed by atoms with van der Waals surface area (Å²) in [5, 5.41) is 3.98. The van der Waals surface area contributed by atoms with Crippen molar-refractivity contribution in [2.24, 2.45) is 0 Å². The van der Waals surface area contributed by atoms with Gasteiger partial charge in [-0.05, 0) is 55.3 Å². The molecule has 0 amide bonds. The van der Waals surface area contributed by atoms with Crippen LogP contribution in [0.5, 0.6) is 0 Å². The van der Waals surface area contributed by atoms with E-state index in [4.69, 9.17) is 16.6 Å². The van der Waals surface area contributed by atoms with Crippen molar-refractivity contribution < 1.29 is 0 Å². The lowest BCUT2D eigenvalue weighted by Crippen LogP contribution is -2.46. The standard InChI is InChI=1S/C22H24ClN5/c1-16-4-3-5-19(14-16)27-10-12-28(13-11-27)21-8-9-24-22(26-21)25-20-15-18(23)7-6-17(20)2/h3-9,14-15H,10-13H2,1-2H3,(H,24,25,26). The molecule has 1 aliphatic heterocycles. The Morgan fingerprint density at radius 3 is 2.50 bits per heavy atom. The number of anilines is 4. The summed E-state index contributed by atoms with van der Waals surface area (Å²) in [6, 6.07) is 16.4. The first-order valence-corrected chi connectivity index (χ1v) is 9.89. The molecule has 0 spiro atoms. The topological polar surface area (TPSA) is 44.3 Å². The molecule has 0 radical (unpaired) electrons. The summed E-state index contributed by atoms with van der Waals surface area (Å²) in [5.41, 5.74) is 4.61. The quantitative estimate of drug-likeness (QED) is 0.688. The monoisotopic (exact) mass is 393 g/mol. The largest absolute Gasteiger partial charge is 0.368 e. The lowest BCUT2D eigenvalue weighted by Gasteiger charge is -2.36. The summed E-state index contributed by atoms with van der Waals surface area (Å²) >= 11 is 6.12. The fourth-order valence-electron chi connectivity index (χ4n) is 3.45. The van der Waals surface area contributed by atoms with Crippen molar-refractivity contribution in [2.45, 2.75) is 13.8 Å². The molecule has 0 unspecified atom stereocenters. The van der Waals surface area contributed by atoms with E-state index in [0.29, 0.717) is 11.0 Å². The van der Waals surface area contributed by atoms with Crippen LogP contribution in [0.4, 0.5) is 23.1 Å². The minimum absolute atomic E-state index is 0.587. The van der Waals surface area contributed by atoms with Gasteiger partial charge < -0.3 is 15.1 Å². The Bertz CT molecular complexity index is 967. The number of aryl methyl sites for hydroxylation is 2. The molecule has 3 aromatic rings. The van der Waals surface area contributed by atoms with Crippen LogP contribution in [0.1, 0.15) is 11.1 Å². The van der Waals surface area contributed by atoms with Crippen LogP contribution in [0.2, 0.25) is 5.02 Å². The van der Waals surface area contributed by atoms with Crippen LogP contribution in [0, 0.1) is 13.8 Å². The highest BCUT2D eigenvalue weighted by Gasteiger charge is 2.19.